The second-order valence-electron chi connectivity index (χ2n) is 5.58. The Hall–Kier alpha value is -3.14. The highest BCUT2D eigenvalue weighted by atomic mass is 19.1. The lowest BCUT2D eigenvalue weighted by atomic mass is 10.2. The monoisotopic (exact) mass is 349 g/mol. The fraction of sp³-hybridized carbons (Fsp3) is 0.200. The molecule has 0 radical (unpaired) electrons. The van der Waals surface area contributed by atoms with Gasteiger partial charge in [-0.1, -0.05) is 6.07 Å². The van der Waals surface area contributed by atoms with Gasteiger partial charge in [0.2, 0.25) is 0 Å². The molecule has 0 saturated carbocycles. The Morgan fingerprint density at radius 3 is 2.80 bits per heavy atom. The van der Waals surface area contributed by atoms with Gasteiger partial charge in [-0.2, -0.15) is 0 Å². The largest absolute Gasteiger partial charge is 0.288 e. The Balaban J connectivity index is 1.83. The number of aromatic nitrogens is 3. The highest BCUT2D eigenvalue weighted by molar-refractivity contribution is 5.75. The fourth-order valence-electron chi connectivity index (χ4n) is 2.46. The third kappa shape index (κ3) is 3.38. The number of nitro groups is 1. The highest BCUT2D eigenvalue weighted by Gasteiger charge is 2.15. The van der Waals surface area contributed by atoms with Gasteiger partial charge in [0.1, 0.15) is 17.8 Å². The first-order valence-corrected chi connectivity index (χ1v) is 7.20. The van der Waals surface area contributed by atoms with Crippen molar-refractivity contribution >= 4 is 16.7 Å². The molecule has 3 aromatic rings. The molecular formula is C15H13F2N5O3. The van der Waals surface area contributed by atoms with Gasteiger partial charge in [0.05, 0.1) is 17.0 Å². The van der Waals surface area contributed by atoms with Gasteiger partial charge in [-0.25, -0.2) is 18.4 Å². The van der Waals surface area contributed by atoms with Gasteiger partial charge in [0.25, 0.3) is 11.2 Å². The summed E-state index contributed by atoms with van der Waals surface area (Å²) in [4.78, 5) is 28.0. The molecule has 0 aliphatic heterocycles. The molecule has 1 N–H and O–H groups in total. The first kappa shape index (κ1) is 16.7. The second kappa shape index (κ2) is 6.40. The van der Waals surface area contributed by atoms with E-state index in [4.69, 9.17) is 0 Å². The molecule has 1 aromatic carbocycles. The maximum Gasteiger partial charge on any atom is 0.288 e. The van der Waals surface area contributed by atoms with E-state index in [0.29, 0.717) is 0 Å². The molecule has 2 aromatic heterocycles. The Kier molecular flexibility index (Phi) is 4.28. The summed E-state index contributed by atoms with van der Waals surface area (Å²) < 4.78 is 27.8. The summed E-state index contributed by atoms with van der Waals surface area (Å²) in [5, 5.41) is 13.6. The molecular weight excluding hydrogens is 336 g/mol. The van der Waals surface area contributed by atoms with Gasteiger partial charge in [-0.3, -0.25) is 24.9 Å². The first-order valence-electron chi connectivity index (χ1n) is 7.20. The zero-order chi connectivity index (χ0) is 18.1. The van der Waals surface area contributed by atoms with Crippen LogP contribution in [0.15, 0.2) is 35.3 Å². The molecule has 0 saturated heterocycles. The van der Waals surface area contributed by atoms with Crippen molar-refractivity contribution in [3.63, 3.8) is 0 Å². The molecule has 0 unspecified atom stereocenters. The number of aromatic amines is 1. The molecule has 25 heavy (non-hydrogen) atoms. The zero-order valence-electron chi connectivity index (χ0n) is 13.1. The molecule has 0 aliphatic rings. The molecule has 10 heteroatoms. The van der Waals surface area contributed by atoms with Gasteiger partial charge in [0, 0.05) is 24.2 Å². The summed E-state index contributed by atoms with van der Waals surface area (Å²) in [6.45, 7) is 0.210. The number of hydrogen-bond acceptors (Lipinski definition) is 5. The summed E-state index contributed by atoms with van der Waals surface area (Å²) in [6, 6.07) is 4.43. The second-order valence-corrected chi connectivity index (χ2v) is 5.58. The lowest BCUT2D eigenvalue weighted by Crippen LogP contribution is -2.28. The molecule has 0 aliphatic carbocycles. The van der Waals surface area contributed by atoms with Crippen molar-refractivity contribution in [2.75, 3.05) is 7.05 Å². The van der Waals surface area contributed by atoms with E-state index in [2.05, 4.69) is 10.1 Å². The number of fused-ring (bicyclic) bond motifs is 1. The van der Waals surface area contributed by atoms with Crippen LogP contribution in [0.25, 0.3) is 11.0 Å². The number of hydrogen-bond donors (Lipinski definition) is 1. The van der Waals surface area contributed by atoms with Gasteiger partial charge < -0.3 is 0 Å². The van der Waals surface area contributed by atoms with Crippen LogP contribution in [-0.4, -0.2) is 31.6 Å². The number of nitrogens with zero attached hydrogens (tertiary/aromatic N) is 4. The first-order chi connectivity index (χ1) is 11.8. The van der Waals surface area contributed by atoms with Crippen LogP contribution in [0.4, 0.5) is 14.5 Å². The van der Waals surface area contributed by atoms with Crippen molar-refractivity contribution < 1.29 is 13.7 Å². The predicted octanol–water partition coefficient (Wildman–Crippen LogP) is 2.00. The summed E-state index contributed by atoms with van der Waals surface area (Å²) in [5.74, 6) is -1.34. The van der Waals surface area contributed by atoms with E-state index < -0.39 is 22.1 Å². The Bertz CT molecular complexity index is 1010. The number of nitrogens with one attached hydrogen (secondary N) is 1. The predicted molar refractivity (Wildman–Crippen MR) is 84.8 cm³/mol. The number of H-pyrrole nitrogens is 1. The Morgan fingerprint density at radius 1 is 1.36 bits per heavy atom. The fourth-order valence-corrected chi connectivity index (χ4v) is 2.46. The van der Waals surface area contributed by atoms with E-state index in [9.17, 15) is 23.7 Å². The van der Waals surface area contributed by atoms with Gasteiger partial charge in [-0.15, -0.1) is 0 Å². The van der Waals surface area contributed by atoms with Crippen LogP contribution in [0.1, 0.15) is 5.56 Å². The van der Waals surface area contributed by atoms with E-state index in [1.54, 1.807) is 11.9 Å². The van der Waals surface area contributed by atoms with Gasteiger partial charge in [-0.05, 0) is 13.1 Å². The molecule has 3 rings (SSSR count). The van der Waals surface area contributed by atoms with Crippen molar-refractivity contribution in [3.05, 3.63) is 68.1 Å². The summed E-state index contributed by atoms with van der Waals surface area (Å²) in [6.07, 6.45) is 1.06. The van der Waals surface area contributed by atoms with Crippen LogP contribution < -0.4 is 5.56 Å². The maximum absolute atomic E-state index is 13.7. The van der Waals surface area contributed by atoms with Crippen LogP contribution >= 0.6 is 0 Å². The Morgan fingerprint density at radius 2 is 2.12 bits per heavy atom. The lowest BCUT2D eigenvalue weighted by Gasteiger charge is -2.17. The molecule has 0 spiro atoms. The zero-order valence-corrected chi connectivity index (χ0v) is 13.1. The van der Waals surface area contributed by atoms with Crippen LogP contribution in [-0.2, 0) is 13.2 Å². The van der Waals surface area contributed by atoms with Crippen molar-refractivity contribution in [2.45, 2.75) is 13.2 Å². The SMILES string of the molecule is CN(Cc1ccc(F)cc1F)Cn1[nH]c2ncc([N+](=O)[O-])cc2c1=O. The van der Waals surface area contributed by atoms with Crippen LogP contribution in [0.3, 0.4) is 0 Å². The number of benzene rings is 1. The van der Waals surface area contributed by atoms with E-state index in [-0.39, 0.29) is 35.5 Å². The molecule has 130 valence electrons. The van der Waals surface area contributed by atoms with Crippen LogP contribution in [0.5, 0.6) is 0 Å². The number of rotatable bonds is 5. The summed E-state index contributed by atoms with van der Waals surface area (Å²) >= 11 is 0. The molecule has 0 bridgehead atoms. The van der Waals surface area contributed by atoms with Gasteiger partial charge in [0.15, 0.2) is 5.65 Å². The maximum atomic E-state index is 13.7. The minimum Gasteiger partial charge on any atom is -0.283 e. The normalized spacial score (nSPS) is 11.4. The summed E-state index contributed by atoms with van der Waals surface area (Å²) in [5.41, 5.74) is -0.256. The van der Waals surface area contributed by atoms with Gasteiger partial charge >= 0.3 is 0 Å². The Labute approximate surface area is 139 Å². The topological polar surface area (TPSA) is 97.1 Å². The lowest BCUT2D eigenvalue weighted by molar-refractivity contribution is -0.385. The van der Waals surface area contributed by atoms with Crippen molar-refractivity contribution in [1.82, 2.24) is 19.7 Å². The minimum atomic E-state index is -0.673. The van der Waals surface area contributed by atoms with Crippen molar-refractivity contribution in [3.8, 4) is 0 Å². The molecule has 8 nitrogen and oxygen atoms in total. The van der Waals surface area contributed by atoms with E-state index in [1.807, 2.05) is 0 Å². The molecule has 0 amide bonds. The van der Waals surface area contributed by atoms with Crippen molar-refractivity contribution in [2.24, 2.45) is 0 Å². The average molecular weight is 349 g/mol. The molecule has 2 heterocycles. The number of pyridine rings is 1. The number of halogens is 2. The van der Waals surface area contributed by atoms with Crippen LogP contribution in [0.2, 0.25) is 0 Å². The third-order valence-corrected chi connectivity index (χ3v) is 3.64. The highest BCUT2D eigenvalue weighted by Crippen LogP contribution is 2.15. The summed E-state index contributed by atoms with van der Waals surface area (Å²) in [7, 11) is 1.65. The van der Waals surface area contributed by atoms with E-state index in [0.717, 1.165) is 24.4 Å². The van der Waals surface area contributed by atoms with E-state index in [1.165, 1.54) is 10.7 Å². The molecule has 0 atom stereocenters. The minimum absolute atomic E-state index is 0.0693. The molecule has 0 fully saturated rings. The average Bonchev–Trinajstić information content (AvgIpc) is 2.85. The quantitative estimate of drug-likeness (QED) is 0.561. The van der Waals surface area contributed by atoms with Crippen LogP contribution in [0, 0.1) is 21.7 Å². The third-order valence-electron chi connectivity index (χ3n) is 3.64. The van der Waals surface area contributed by atoms with Crippen molar-refractivity contribution in [1.29, 1.82) is 0 Å². The van der Waals surface area contributed by atoms with E-state index >= 15 is 0 Å². The standard InChI is InChI=1S/C15H13F2N5O3/c1-20(7-9-2-3-10(16)4-13(9)17)8-21-15(23)12-5-11(22(24)25)6-18-14(12)19-21/h2-6H,7-8H2,1H3,(H,18,19). The smallest absolute Gasteiger partial charge is 0.283 e.